The molecule has 0 spiro atoms. The Labute approximate surface area is 144 Å². The fourth-order valence-electron chi connectivity index (χ4n) is 2.73. The SMILES string of the molecule is CCOC(=O)c1sc2ncnc(NCCC3=CCOCC3)c2c1C. The number of rotatable bonds is 6. The van der Waals surface area contributed by atoms with E-state index >= 15 is 0 Å². The predicted octanol–water partition coefficient (Wildman–Crippen LogP) is 3.33. The average Bonchev–Trinajstić information content (AvgIpc) is 2.94. The lowest BCUT2D eigenvalue weighted by atomic mass is 10.1. The lowest BCUT2D eigenvalue weighted by molar-refractivity contribution is 0.0531. The van der Waals surface area contributed by atoms with Crippen molar-refractivity contribution in [2.24, 2.45) is 0 Å². The van der Waals surface area contributed by atoms with Gasteiger partial charge >= 0.3 is 5.97 Å². The van der Waals surface area contributed by atoms with E-state index in [-0.39, 0.29) is 5.97 Å². The normalized spacial score (nSPS) is 14.5. The fraction of sp³-hybridized carbons (Fsp3) is 0.471. The summed E-state index contributed by atoms with van der Waals surface area (Å²) >= 11 is 1.35. The van der Waals surface area contributed by atoms with Gasteiger partial charge in [0.05, 0.1) is 25.2 Å². The Kier molecular flexibility index (Phi) is 5.42. The number of nitrogens with one attached hydrogen (secondary N) is 1. The first kappa shape index (κ1) is 16.9. The highest BCUT2D eigenvalue weighted by Gasteiger charge is 2.20. The number of aryl methyl sites for hydroxylation is 1. The molecule has 24 heavy (non-hydrogen) atoms. The molecule has 0 aliphatic carbocycles. The van der Waals surface area contributed by atoms with Crippen LogP contribution in [-0.2, 0) is 9.47 Å². The van der Waals surface area contributed by atoms with E-state index in [0.29, 0.717) is 18.1 Å². The van der Waals surface area contributed by atoms with Gasteiger partial charge in [-0.3, -0.25) is 0 Å². The van der Waals surface area contributed by atoms with Crippen LogP contribution in [-0.4, -0.2) is 42.3 Å². The molecule has 2 aromatic heterocycles. The first-order valence-corrected chi connectivity index (χ1v) is 8.93. The van der Waals surface area contributed by atoms with Crippen LogP contribution in [0.3, 0.4) is 0 Å². The van der Waals surface area contributed by atoms with Crippen molar-refractivity contribution < 1.29 is 14.3 Å². The van der Waals surface area contributed by atoms with Crippen LogP contribution in [0.5, 0.6) is 0 Å². The summed E-state index contributed by atoms with van der Waals surface area (Å²) in [5.74, 6) is 0.480. The Balaban J connectivity index is 1.78. The molecule has 0 radical (unpaired) electrons. The van der Waals surface area contributed by atoms with Crippen molar-refractivity contribution in [3.8, 4) is 0 Å². The summed E-state index contributed by atoms with van der Waals surface area (Å²) < 4.78 is 10.4. The number of esters is 1. The number of hydrogen-bond donors (Lipinski definition) is 1. The molecule has 1 N–H and O–H groups in total. The summed E-state index contributed by atoms with van der Waals surface area (Å²) in [6.45, 7) is 6.39. The van der Waals surface area contributed by atoms with Crippen LogP contribution in [0.15, 0.2) is 18.0 Å². The maximum atomic E-state index is 12.1. The standard InChI is InChI=1S/C17H21N3O3S/c1-3-23-17(21)14-11(2)13-15(19-10-20-16(13)24-14)18-7-4-12-5-8-22-9-6-12/h5,10H,3-4,6-9H2,1-2H3,(H,18,19,20). The lowest BCUT2D eigenvalue weighted by Crippen LogP contribution is -2.10. The molecular formula is C17H21N3O3S. The van der Waals surface area contributed by atoms with Crippen LogP contribution in [0.1, 0.15) is 35.0 Å². The van der Waals surface area contributed by atoms with Crippen molar-refractivity contribution in [3.63, 3.8) is 0 Å². The molecule has 0 fully saturated rings. The van der Waals surface area contributed by atoms with Gasteiger partial charge in [0.2, 0.25) is 0 Å². The van der Waals surface area contributed by atoms with Crippen LogP contribution < -0.4 is 5.32 Å². The fourth-order valence-corrected chi connectivity index (χ4v) is 3.77. The Bertz CT molecular complexity index is 770. The van der Waals surface area contributed by atoms with Crippen molar-refractivity contribution in [3.05, 3.63) is 28.4 Å². The number of nitrogens with zero attached hydrogens (tertiary/aromatic N) is 2. The number of carbonyl (C=O) groups excluding carboxylic acids is 1. The number of carbonyl (C=O) groups is 1. The second-order valence-corrected chi connectivity index (χ2v) is 6.54. The number of thiophene rings is 1. The summed E-state index contributed by atoms with van der Waals surface area (Å²) in [6.07, 6.45) is 5.63. The van der Waals surface area contributed by atoms with Gasteiger partial charge in [-0.2, -0.15) is 0 Å². The number of aromatic nitrogens is 2. The Morgan fingerprint density at radius 3 is 3.08 bits per heavy atom. The minimum atomic E-state index is -0.295. The van der Waals surface area contributed by atoms with E-state index < -0.39 is 0 Å². The predicted molar refractivity (Wildman–Crippen MR) is 94.7 cm³/mol. The maximum absolute atomic E-state index is 12.1. The number of fused-ring (bicyclic) bond motifs is 1. The highest BCUT2D eigenvalue weighted by Crippen LogP contribution is 2.33. The summed E-state index contributed by atoms with van der Waals surface area (Å²) in [5.41, 5.74) is 2.29. The van der Waals surface area contributed by atoms with Crippen LogP contribution in [0.2, 0.25) is 0 Å². The largest absolute Gasteiger partial charge is 0.462 e. The minimum Gasteiger partial charge on any atom is -0.462 e. The molecule has 7 heteroatoms. The van der Waals surface area contributed by atoms with Crippen LogP contribution in [0.4, 0.5) is 5.82 Å². The smallest absolute Gasteiger partial charge is 0.348 e. The summed E-state index contributed by atoms with van der Waals surface area (Å²) in [6, 6.07) is 0. The molecular weight excluding hydrogens is 326 g/mol. The van der Waals surface area contributed by atoms with Gasteiger partial charge in [0.25, 0.3) is 0 Å². The first-order valence-electron chi connectivity index (χ1n) is 8.11. The zero-order valence-electron chi connectivity index (χ0n) is 13.9. The minimum absolute atomic E-state index is 0.295. The molecule has 0 atom stereocenters. The monoisotopic (exact) mass is 347 g/mol. The highest BCUT2D eigenvalue weighted by atomic mass is 32.1. The van der Waals surface area contributed by atoms with Gasteiger partial charge in [-0.05, 0) is 32.3 Å². The summed E-state index contributed by atoms with van der Waals surface area (Å²) in [4.78, 5) is 22.1. The van der Waals surface area contributed by atoms with E-state index in [2.05, 4.69) is 21.4 Å². The third-order valence-corrected chi connectivity index (χ3v) is 5.16. The first-order chi connectivity index (χ1) is 11.7. The molecule has 3 heterocycles. The highest BCUT2D eigenvalue weighted by molar-refractivity contribution is 7.20. The molecule has 0 amide bonds. The van der Waals surface area contributed by atoms with E-state index in [1.54, 1.807) is 6.92 Å². The third-order valence-electron chi connectivity index (χ3n) is 3.98. The van der Waals surface area contributed by atoms with Gasteiger partial charge in [-0.1, -0.05) is 11.6 Å². The average molecular weight is 347 g/mol. The molecule has 0 saturated carbocycles. The number of anilines is 1. The van der Waals surface area contributed by atoms with E-state index in [9.17, 15) is 4.79 Å². The topological polar surface area (TPSA) is 73.3 Å². The molecule has 2 aromatic rings. The molecule has 0 bridgehead atoms. The van der Waals surface area contributed by atoms with Crippen molar-refractivity contribution in [2.45, 2.75) is 26.7 Å². The Hall–Kier alpha value is -1.99. The van der Waals surface area contributed by atoms with Crippen LogP contribution in [0, 0.1) is 6.92 Å². The lowest BCUT2D eigenvalue weighted by Gasteiger charge is -2.14. The van der Waals surface area contributed by atoms with E-state index in [0.717, 1.165) is 47.6 Å². The Morgan fingerprint density at radius 1 is 1.46 bits per heavy atom. The molecule has 1 aliphatic heterocycles. The second kappa shape index (κ2) is 7.72. The van der Waals surface area contributed by atoms with E-state index in [1.807, 2.05) is 6.92 Å². The summed E-state index contributed by atoms with van der Waals surface area (Å²) in [7, 11) is 0. The van der Waals surface area contributed by atoms with E-state index in [1.165, 1.54) is 23.2 Å². The molecule has 3 rings (SSSR count). The maximum Gasteiger partial charge on any atom is 0.348 e. The van der Waals surface area contributed by atoms with Crippen molar-refractivity contribution >= 4 is 33.3 Å². The number of hydrogen-bond acceptors (Lipinski definition) is 7. The summed E-state index contributed by atoms with van der Waals surface area (Å²) in [5, 5.41) is 4.29. The third kappa shape index (κ3) is 3.57. The van der Waals surface area contributed by atoms with Crippen LogP contribution in [0.25, 0.3) is 10.2 Å². The van der Waals surface area contributed by atoms with Gasteiger partial charge in [0.1, 0.15) is 21.9 Å². The van der Waals surface area contributed by atoms with E-state index in [4.69, 9.17) is 9.47 Å². The van der Waals surface area contributed by atoms with Gasteiger partial charge in [-0.15, -0.1) is 11.3 Å². The molecule has 0 aromatic carbocycles. The van der Waals surface area contributed by atoms with Gasteiger partial charge < -0.3 is 14.8 Å². The van der Waals surface area contributed by atoms with Crippen LogP contribution >= 0.6 is 11.3 Å². The molecule has 128 valence electrons. The number of ether oxygens (including phenoxy) is 2. The van der Waals surface area contributed by atoms with Gasteiger partial charge in [0, 0.05) is 6.54 Å². The second-order valence-electron chi connectivity index (χ2n) is 5.54. The van der Waals surface area contributed by atoms with Crippen molar-refractivity contribution in [1.82, 2.24) is 9.97 Å². The zero-order chi connectivity index (χ0) is 16.9. The van der Waals surface area contributed by atoms with Gasteiger partial charge in [0.15, 0.2) is 0 Å². The zero-order valence-corrected chi connectivity index (χ0v) is 14.7. The Morgan fingerprint density at radius 2 is 2.33 bits per heavy atom. The van der Waals surface area contributed by atoms with Crippen molar-refractivity contribution in [2.75, 3.05) is 31.7 Å². The van der Waals surface area contributed by atoms with Gasteiger partial charge in [-0.25, -0.2) is 14.8 Å². The molecule has 0 saturated heterocycles. The molecule has 0 unspecified atom stereocenters. The molecule has 1 aliphatic rings. The molecule has 6 nitrogen and oxygen atoms in total. The van der Waals surface area contributed by atoms with Crippen molar-refractivity contribution in [1.29, 1.82) is 0 Å². The quantitative estimate of drug-likeness (QED) is 0.638.